The van der Waals surface area contributed by atoms with Crippen molar-refractivity contribution < 1.29 is 4.74 Å². The molecule has 5 nitrogen and oxygen atoms in total. The third-order valence-electron chi connectivity index (χ3n) is 3.45. The Balaban J connectivity index is 1.98. The molecule has 1 aromatic carbocycles. The zero-order chi connectivity index (χ0) is 15.1. The van der Waals surface area contributed by atoms with E-state index in [1.807, 2.05) is 31.6 Å². The monoisotopic (exact) mass is 288 g/mol. The van der Waals surface area contributed by atoms with Gasteiger partial charge in [-0.15, -0.1) is 0 Å². The third kappa shape index (κ3) is 4.58. The van der Waals surface area contributed by atoms with Gasteiger partial charge in [-0.2, -0.15) is 5.10 Å². The summed E-state index contributed by atoms with van der Waals surface area (Å²) < 4.78 is 7.47. The molecule has 114 valence electrons. The molecule has 0 spiro atoms. The lowest BCUT2D eigenvalue weighted by Gasteiger charge is -2.16. The van der Waals surface area contributed by atoms with Crippen LogP contribution < -0.4 is 16.0 Å². The van der Waals surface area contributed by atoms with Crippen LogP contribution in [0.1, 0.15) is 36.9 Å². The molecule has 5 heteroatoms. The van der Waals surface area contributed by atoms with Crippen molar-refractivity contribution in [1.82, 2.24) is 15.2 Å². The largest absolute Gasteiger partial charge is 0.494 e. The number of nitrogens with zero attached hydrogens (tertiary/aromatic N) is 2. The summed E-state index contributed by atoms with van der Waals surface area (Å²) in [5, 5.41) is 4.18. The molecule has 0 aliphatic rings. The number of unbranched alkanes of at least 4 members (excludes halogenated alkanes) is 1. The summed E-state index contributed by atoms with van der Waals surface area (Å²) in [6, 6.07) is 8.18. The predicted molar refractivity (Wildman–Crippen MR) is 83.8 cm³/mol. The van der Waals surface area contributed by atoms with E-state index in [1.54, 1.807) is 4.68 Å². The molecule has 0 saturated carbocycles. The number of aromatic nitrogens is 2. The summed E-state index contributed by atoms with van der Waals surface area (Å²) in [6.45, 7) is 2.92. The first-order chi connectivity index (χ1) is 10.2. The molecule has 3 N–H and O–H groups in total. The summed E-state index contributed by atoms with van der Waals surface area (Å²) in [4.78, 5) is 0. The molecule has 0 aliphatic carbocycles. The van der Waals surface area contributed by atoms with Gasteiger partial charge in [0.15, 0.2) is 0 Å². The van der Waals surface area contributed by atoms with Gasteiger partial charge < -0.3 is 4.74 Å². The molecule has 0 fully saturated rings. The van der Waals surface area contributed by atoms with Crippen LogP contribution in [-0.2, 0) is 13.5 Å². The highest BCUT2D eigenvalue weighted by Crippen LogP contribution is 2.20. The highest BCUT2D eigenvalue weighted by molar-refractivity contribution is 5.30. The van der Waals surface area contributed by atoms with Gasteiger partial charge in [0.05, 0.1) is 18.8 Å². The molecule has 0 amide bonds. The third-order valence-corrected chi connectivity index (χ3v) is 3.45. The average Bonchev–Trinajstić information content (AvgIpc) is 2.91. The molecule has 0 saturated heterocycles. The standard InChI is InChI=1S/C16H24N4O/c1-3-4-9-21-15-7-5-14(6-8-15)16(19-17)10-13-11-18-20(2)12-13/h5-8,11-12,16,19H,3-4,9-10,17H2,1-2H3. The molecule has 1 atom stereocenters. The molecule has 0 aliphatic heterocycles. The number of hydrogen-bond acceptors (Lipinski definition) is 4. The minimum absolute atomic E-state index is 0.0684. The molecular weight excluding hydrogens is 264 g/mol. The summed E-state index contributed by atoms with van der Waals surface area (Å²) in [6.07, 6.45) is 6.90. The normalized spacial score (nSPS) is 12.3. The van der Waals surface area contributed by atoms with E-state index in [4.69, 9.17) is 10.6 Å². The van der Waals surface area contributed by atoms with Crippen molar-refractivity contribution in [2.45, 2.75) is 32.2 Å². The number of nitrogens with one attached hydrogen (secondary N) is 1. The molecule has 2 aromatic rings. The Morgan fingerprint density at radius 3 is 2.67 bits per heavy atom. The maximum absolute atomic E-state index is 5.69. The van der Waals surface area contributed by atoms with E-state index in [0.29, 0.717) is 0 Å². The van der Waals surface area contributed by atoms with Crippen molar-refractivity contribution in [3.8, 4) is 5.75 Å². The van der Waals surface area contributed by atoms with Crippen molar-refractivity contribution in [2.24, 2.45) is 12.9 Å². The van der Waals surface area contributed by atoms with Crippen molar-refractivity contribution in [1.29, 1.82) is 0 Å². The number of rotatable bonds is 8. The Morgan fingerprint density at radius 1 is 1.33 bits per heavy atom. The van der Waals surface area contributed by atoms with Gasteiger partial charge in [0.25, 0.3) is 0 Å². The molecule has 1 aromatic heterocycles. The van der Waals surface area contributed by atoms with Gasteiger partial charge in [-0.05, 0) is 36.1 Å². The van der Waals surface area contributed by atoms with Gasteiger partial charge in [-0.1, -0.05) is 25.5 Å². The lowest BCUT2D eigenvalue weighted by molar-refractivity contribution is 0.309. The van der Waals surface area contributed by atoms with Crippen molar-refractivity contribution >= 4 is 0 Å². The number of nitrogens with two attached hydrogens (primary N) is 1. The Bertz CT molecular complexity index is 535. The molecule has 0 bridgehead atoms. The lowest BCUT2D eigenvalue weighted by Crippen LogP contribution is -2.29. The first-order valence-electron chi connectivity index (χ1n) is 7.39. The summed E-state index contributed by atoms with van der Waals surface area (Å²) in [5.74, 6) is 6.59. The molecule has 1 unspecified atom stereocenters. The Labute approximate surface area is 126 Å². The van der Waals surface area contributed by atoms with E-state index in [1.165, 1.54) is 0 Å². The van der Waals surface area contributed by atoms with Crippen LogP contribution in [0.25, 0.3) is 0 Å². The van der Waals surface area contributed by atoms with Crippen LogP contribution >= 0.6 is 0 Å². The highest BCUT2D eigenvalue weighted by Gasteiger charge is 2.11. The molecular formula is C16H24N4O. The van der Waals surface area contributed by atoms with Crippen LogP contribution in [0, 0.1) is 0 Å². The summed E-state index contributed by atoms with van der Waals surface area (Å²) in [7, 11) is 1.91. The topological polar surface area (TPSA) is 65.1 Å². The SMILES string of the molecule is CCCCOc1ccc(C(Cc2cnn(C)c2)NN)cc1. The Morgan fingerprint density at radius 2 is 2.10 bits per heavy atom. The number of benzene rings is 1. The highest BCUT2D eigenvalue weighted by atomic mass is 16.5. The van der Waals surface area contributed by atoms with Gasteiger partial charge in [-0.25, -0.2) is 0 Å². The van der Waals surface area contributed by atoms with Gasteiger partial charge in [0.2, 0.25) is 0 Å². The summed E-state index contributed by atoms with van der Waals surface area (Å²) in [5.41, 5.74) is 5.17. The molecule has 1 heterocycles. The Kier molecular flexibility index (Phi) is 5.78. The first kappa shape index (κ1) is 15.5. The summed E-state index contributed by atoms with van der Waals surface area (Å²) >= 11 is 0. The van der Waals surface area contributed by atoms with Crippen LogP contribution in [0.5, 0.6) is 5.75 Å². The van der Waals surface area contributed by atoms with Gasteiger partial charge in [0.1, 0.15) is 5.75 Å². The van der Waals surface area contributed by atoms with E-state index in [-0.39, 0.29) is 6.04 Å². The van der Waals surface area contributed by atoms with Crippen molar-refractivity contribution in [3.63, 3.8) is 0 Å². The predicted octanol–water partition coefficient (Wildman–Crippen LogP) is 2.35. The van der Waals surface area contributed by atoms with Crippen LogP contribution in [-0.4, -0.2) is 16.4 Å². The number of hydrogen-bond donors (Lipinski definition) is 2. The van der Waals surface area contributed by atoms with Crippen LogP contribution in [0.4, 0.5) is 0 Å². The van der Waals surface area contributed by atoms with Gasteiger partial charge in [0, 0.05) is 13.2 Å². The van der Waals surface area contributed by atoms with E-state index in [0.717, 1.165) is 42.7 Å². The molecule has 21 heavy (non-hydrogen) atoms. The minimum Gasteiger partial charge on any atom is -0.494 e. The fraction of sp³-hybridized carbons (Fsp3) is 0.438. The maximum Gasteiger partial charge on any atom is 0.119 e. The quantitative estimate of drug-likeness (QED) is 0.444. The lowest BCUT2D eigenvalue weighted by atomic mass is 10.0. The van der Waals surface area contributed by atoms with Gasteiger partial charge in [-0.3, -0.25) is 16.0 Å². The zero-order valence-electron chi connectivity index (χ0n) is 12.7. The number of hydrazine groups is 1. The smallest absolute Gasteiger partial charge is 0.119 e. The average molecular weight is 288 g/mol. The number of aryl methyl sites for hydroxylation is 1. The number of ether oxygens (including phenoxy) is 1. The molecule has 0 radical (unpaired) electrons. The van der Waals surface area contributed by atoms with Gasteiger partial charge >= 0.3 is 0 Å². The second-order valence-electron chi connectivity index (χ2n) is 5.22. The van der Waals surface area contributed by atoms with Crippen LogP contribution in [0.2, 0.25) is 0 Å². The van der Waals surface area contributed by atoms with E-state index in [2.05, 4.69) is 29.6 Å². The molecule has 2 rings (SSSR count). The second kappa shape index (κ2) is 7.81. The fourth-order valence-electron chi connectivity index (χ4n) is 2.22. The van der Waals surface area contributed by atoms with Crippen LogP contribution in [0.3, 0.4) is 0 Å². The Hall–Kier alpha value is -1.85. The van der Waals surface area contributed by atoms with E-state index >= 15 is 0 Å². The minimum atomic E-state index is 0.0684. The van der Waals surface area contributed by atoms with E-state index in [9.17, 15) is 0 Å². The maximum atomic E-state index is 5.69. The van der Waals surface area contributed by atoms with Crippen LogP contribution in [0.15, 0.2) is 36.7 Å². The van der Waals surface area contributed by atoms with E-state index < -0.39 is 0 Å². The zero-order valence-corrected chi connectivity index (χ0v) is 12.7. The van der Waals surface area contributed by atoms with Crippen molar-refractivity contribution in [2.75, 3.05) is 6.61 Å². The second-order valence-corrected chi connectivity index (χ2v) is 5.22. The van der Waals surface area contributed by atoms with Crippen molar-refractivity contribution in [3.05, 3.63) is 47.8 Å². The fourth-order valence-corrected chi connectivity index (χ4v) is 2.22. The first-order valence-corrected chi connectivity index (χ1v) is 7.39.